The topological polar surface area (TPSA) is 62.5 Å². The minimum absolute atomic E-state index is 0.178. The van der Waals surface area contributed by atoms with Crippen molar-refractivity contribution in [3.05, 3.63) is 75.2 Å². The van der Waals surface area contributed by atoms with Gasteiger partial charge in [0.1, 0.15) is 6.04 Å². The maximum absolute atomic E-state index is 12.9. The highest BCUT2D eigenvalue weighted by molar-refractivity contribution is 7.80. The fourth-order valence-corrected chi connectivity index (χ4v) is 4.66. The third kappa shape index (κ3) is 3.13. The van der Waals surface area contributed by atoms with Crippen molar-refractivity contribution in [2.45, 2.75) is 25.8 Å². The molecule has 4 rings (SSSR count). The SMILES string of the molecule is Cc1ccc(Cc2cc(=O)n3c(c2N(C)C)C(=S)C[C@@H]3C(=O)O)c2ccccc12. The van der Waals surface area contributed by atoms with Crippen LogP contribution >= 0.6 is 12.2 Å². The van der Waals surface area contributed by atoms with Crippen LogP contribution in [0.25, 0.3) is 10.8 Å². The van der Waals surface area contributed by atoms with Gasteiger partial charge in [-0.15, -0.1) is 0 Å². The highest BCUT2D eigenvalue weighted by atomic mass is 32.1. The second-order valence-electron chi connectivity index (χ2n) is 7.71. The highest BCUT2D eigenvalue weighted by Crippen LogP contribution is 2.35. The number of carboxylic acid groups (broad SMARTS) is 1. The van der Waals surface area contributed by atoms with E-state index < -0.39 is 12.0 Å². The summed E-state index contributed by atoms with van der Waals surface area (Å²) in [6, 6.07) is 13.1. The first-order valence-electron chi connectivity index (χ1n) is 9.48. The first kappa shape index (κ1) is 19.3. The van der Waals surface area contributed by atoms with Crippen LogP contribution in [0.1, 0.15) is 34.8 Å². The maximum atomic E-state index is 12.9. The molecular weight excluding hydrogens is 384 g/mol. The van der Waals surface area contributed by atoms with Gasteiger partial charge in [-0.05, 0) is 34.4 Å². The number of nitrogens with zero attached hydrogens (tertiary/aromatic N) is 2. The van der Waals surface area contributed by atoms with Gasteiger partial charge in [0.2, 0.25) is 0 Å². The van der Waals surface area contributed by atoms with Gasteiger partial charge in [0.15, 0.2) is 0 Å². The van der Waals surface area contributed by atoms with Crippen molar-refractivity contribution in [3.63, 3.8) is 0 Å². The molecule has 0 fully saturated rings. The number of hydrogen-bond donors (Lipinski definition) is 1. The molecular formula is C23H22N2O3S. The number of aryl methyl sites for hydroxylation is 1. The molecule has 29 heavy (non-hydrogen) atoms. The quantitative estimate of drug-likeness (QED) is 0.669. The number of thiocarbonyl (C=S) groups is 1. The van der Waals surface area contributed by atoms with E-state index in [-0.39, 0.29) is 12.0 Å². The summed E-state index contributed by atoms with van der Waals surface area (Å²) in [6.45, 7) is 2.09. The molecule has 1 atom stereocenters. The molecule has 0 saturated heterocycles. The normalized spacial score (nSPS) is 15.6. The summed E-state index contributed by atoms with van der Waals surface area (Å²) in [5, 5.41) is 11.9. The Morgan fingerprint density at radius 1 is 1.17 bits per heavy atom. The Hall–Kier alpha value is -2.99. The predicted molar refractivity (Wildman–Crippen MR) is 120 cm³/mol. The van der Waals surface area contributed by atoms with E-state index in [0.29, 0.717) is 17.0 Å². The summed E-state index contributed by atoms with van der Waals surface area (Å²) in [4.78, 5) is 27.0. The van der Waals surface area contributed by atoms with E-state index in [2.05, 4.69) is 31.2 Å². The number of pyridine rings is 1. The standard InChI is InChI=1S/C23H22N2O3S/c1-13-8-9-14(17-7-5-4-6-16(13)17)10-15-11-20(26)25-18(23(27)28)12-19(29)22(25)21(15)24(2)3/h4-9,11,18H,10,12H2,1-3H3,(H,27,28)/t18-/m1/s1. The molecule has 0 bridgehead atoms. The zero-order valence-corrected chi connectivity index (χ0v) is 17.4. The molecule has 6 heteroatoms. The van der Waals surface area contributed by atoms with Gasteiger partial charge in [-0.3, -0.25) is 9.36 Å². The Morgan fingerprint density at radius 3 is 2.52 bits per heavy atom. The van der Waals surface area contributed by atoms with Crippen LogP contribution in [0.3, 0.4) is 0 Å². The number of anilines is 1. The Balaban J connectivity index is 1.93. The van der Waals surface area contributed by atoms with E-state index in [1.807, 2.05) is 31.1 Å². The van der Waals surface area contributed by atoms with Crippen LogP contribution in [0.15, 0.2) is 47.3 Å². The largest absolute Gasteiger partial charge is 0.480 e. The lowest BCUT2D eigenvalue weighted by atomic mass is 9.95. The molecule has 0 aliphatic carbocycles. The van der Waals surface area contributed by atoms with E-state index in [0.717, 1.165) is 22.2 Å². The predicted octanol–water partition coefficient (Wildman–Crippen LogP) is 3.71. The van der Waals surface area contributed by atoms with Gasteiger partial charge in [-0.2, -0.15) is 0 Å². The summed E-state index contributed by atoms with van der Waals surface area (Å²) in [5.74, 6) is -1.03. The van der Waals surface area contributed by atoms with Gasteiger partial charge in [-0.1, -0.05) is 48.6 Å². The second kappa shape index (κ2) is 7.12. The first-order valence-corrected chi connectivity index (χ1v) is 9.89. The van der Waals surface area contributed by atoms with E-state index in [1.165, 1.54) is 15.5 Å². The van der Waals surface area contributed by atoms with Crippen LogP contribution < -0.4 is 10.5 Å². The van der Waals surface area contributed by atoms with Crippen LogP contribution in [-0.4, -0.2) is 34.6 Å². The van der Waals surface area contributed by atoms with Crippen LogP contribution in [0.2, 0.25) is 0 Å². The molecule has 148 valence electrons. The van der Waals surface area contributed by atoms with E-state index in [9.17, 15) is 14.7 Å². The third-order valence-corrected chi connectivity index (χ3v) is 5.96. The number of benzene rings is 2. The van der Waals surface area contributed by atoms with Crippen molar-refractivity contribution in [1.82, 2.24) is 4.57 Å². The number of hydrogen-bond acceptors (Lipinski definition) is 4. The molecule has 2 heterocycles. The van der Waals surface area contributed by atoms with Crippen LogP contribution in [0, 0.1) is 6.92 Å². The fraction of sp³-hybridized carbons (Fsp3) is 0.261. The monoisotopic (exact) mass is 406 g/mol. The molecule has 1 aliphatic rings. The van der Waals surface area contributed by atoms with Crippen molar-refractivity contribution in [2.24, 2.45) is 0 Å². The van der Waals surface area contributed by atoms with Crippen molar-refractivity contribution < 1.29 is 9.90 Å². The lowest BCUT2D eigenvalue weighted by Crippen LogP contribution is -2.30. The molecule has 3 aromatic rings. The van der Waals surface area contributed by atoms with Crippen LogP contribution in [0.4, 0.5) is 5.69 Å². The van der Waals surface area contributed by atoms with E-state index >= 15 is 0 Å². The molecule has 1 N–H and O–H groups in total. The number of rotatable bonds is 4. The minimum Gasteiger partial charge on any atom is -0.480 e. The van der Waals surface area contributed by atoms with E-state index in [1.54, 1.807) is 6.07 Å². The van der Waals surface area contributed by atoms with E-state index in [4.69, 9.17) is 12.2 Å². The van der Waals surface area contributed by atoms with Gasteiger partial charge >= 0.3 is 5.97 Å². The Bertz CT molecular complexity index is 1230. The molecule has 0 unspecified atom stereocenters. The van der Waals surface area contributed by atoms with Crippen molar-refractivity contribution >= 4 is 39.5 Å². The minimum atomic E-state index is -1.03. The zero-order chi connectivity index (χ0) is 20.9. The summed E-state index contributed by atoms with van der Waals surface area (Å²) >= 11 is 5.51. The Kier molecular flexibility index (Phi) is 4.74. The molecule has 0 saturated carbocycles. The zero-order valence-electron chi connectivity index (χ0n) is 16.6. The average Bonchev–Trinajstić information content (AvgIpc) is 3.02. The van der Waals surface area contributed by atoms with Gasteiger partial charge in [0, 0.05) is 37.9 Å². The van der Waals surface area contributed by atoms with Gasteiger partial charge in [0.05, 0.1) is 11.4 Å². The van der Waals surface area contributed by atoms with Crippen molar-refractivity contribution in [3.8, 4) is 0 Å². The molecule has 1 aliphatic heterocycles. The second-order valence-corrected chi connectivity index (χ2v) is 8.21. The molecule has 0 amide bonds. The van der Waals surface area contributed by atoms with Crippen LogP contribution in [-0.2, 0) is 11.2 Å². The Morgan fingerprint density at radius 2 is 1.86 bits per heavy atom. The summed E-state index contributed by atoms with van der Waals surface area (Å²) in [6.07, 6.45) is 0.745. The number of carboxylic acids is 1. The molecule has 1 aromatic heterocycles. The fourth-order valence-electron chi connectivity index (χ4n) is 4.31. The molecule has 5 nitrogen and oxygen atoms in total. The molecule has 0 radical (unpaired) electrons. The van der Waals surface area contributed by atoms with Crippen LogP contribution in [0.5, 0.6) is 0 Å². The number of fused-ring (bicyclic) bond motifs is 2. The lowest BCUT2D eigenvalue weighted by Gasteiger charge is -2.23. The number of aromatic nitrogens is 1. The maximum Gasteiger partial charge on any atom is 0.327 e. The van der Waals surface area contributed by atoms with Crippen molar-refractivity contribution in [1.29, 1.82) is 0 Å². The summed E-state index contributed by atoms with van der Waals surface area (Å²) in [5.41, 5.74) is 4.26. The van der Waals surface area contributed by atoms with Crippen molar-refractivity contribution in [2.75, 3.05) is 19.0 Å². The number of carbonyl (C=O) groups is 1. The Labute approximate surface area is 174 Å². The summed E-state index contributed by atoms with van der Waals surface area (Å²) < 4.78 is 1.34. The smallest absolute Gasteiger partial charge is 0.327 e. The lowest BCUT2D eigenvalue weighted by molar-refractivity contribution is -0.140. The first-order chi connectivity index (χ1) is 13.8. The highest BCUT2D eigenvalue weighted by Gasteiger charge is 2.36. The molecule has 0 spiro atoms. The summed E-state index contributed by atoms with van der Waals surface area (Å²) in [7, 11) is 3.79. The van der Waals surface area contributed by atoms with Gasteiger partial charge < -0.3 is 10.0 Å². The third-order valence-electron chi connectivity index (χ3n) is 5.60. The average molecular weight is 407 g/mol. The van der Waals surface area contributed by atoms with Gasteiger partial charge in [-0.25, -0.2) is 4.79 Å². The molecule has 2 aromatic carbocycles. The number of aliphatic carboxylic acids is 1. The van der Waals surface area contributed by atoms with Gasteiger partial charge in [0.25, 0.3) is 5.56 Å².